The fourth-order valence-corrected chi connectivity index (χ4v) is 1.82. The van der Waals surface area contributed by atoms with Gasteiger partial charge in [0.25, 0.3) is 0 Å². The fourth-order valence-electron chi connectivity index (χ4n) is 1.05. The summed E-state index contributed by atoms with van der Waals surface area (Å²) in [6, 6.07) is 0. The van der Waals surface area contributed by atoms with Crippen LogP contribution in [0.4, 0.5) is 5.82 Å². The van der Waals surface area contributed by atoms with Crippen molar-refractivity contribution in [3.05, 3.63) is 17.6 Å². The van der Waals surface area contributed by atoms with E-state index in [0.29, 0.717) is 11.7 Å². The molecule has 3 nitrogen and oxygen atoms in total. The van der Waals surface area contributed by atoms with Crippen LogP contribution < -0.4 is 5.73 Å². The molecule has 0 aliphatic carbocycles. The molecule has 4 heteroatoms. The summed E-state index contributed by atoms with van der Waals surface area (Å²) in [7, 11) is 0. The lowest BCUT2D eigenvalue weighted by Gasteiger charge is -2.23. The van der Waals surface area contributed by atoms with Crippen LogP contribution in [0.3, 0.4) is 0 Å². The first-order valence-electron chi connectivity index (χ1n) is 3.94. The maximum atomic E-state index is 5.68. The quantitative estimate of drug-likeness (QED) is 0.707. The summed E-state index contributed by atoms with van der Waals surface area (Å²) in [6.45, 7) is 1.93. The molecule has 0 spiro atoms. The number of hydrogen-bond donors (Lipinski definition) is 1. The Kier molecular flexibility index (Phi) is 1.92. The SMILES string of the molecule is Cc1cnc(C2CSC2)nc1N. The fraction of sp³-hybridized carbons (Fsp3) is 0.500. The summed E-state index contributed by atoms with van der Waals surface area (Å²) in [6.07, 6.45) is 1.81. The van der Waals surface area contributed by atoms with E-state index in [1.54, 1.807) is 6.20 Å². The van der Waals surface area contributed by atoms with E-state index >= 15 is 0 Å². The van der Waals surface area contributed by atoms with E-state index < -0.39 is 0 Å². The minimum Gasteiger partial charge on any atom is -0.383 e. The van der Waals surface area contributed by atoms with Gasteiger partial charge in [-0.3, -0.25) is 0 Å². The Hall–Kier alpha value is -0.770. The van der Waals surface area contributed by atoms with Crippen molar-refractivity contribution in [1.82, 2.24) is 9.97 Å². The average Bonchev–Trinajstić information content (AvgIpc) is 1.93. The number of aryl methyl sites for hydroxylation is 1. The molecule has 0 unspecified atom stereocenters. The highest BCUT2D eigenvalue weighted by molar-refractivity contribution is 8.00. The predicted molar refractivity (Wildman–Crippen MR) is 51.2 cm³/mol. The maximum Gasteiger partial charge on any atom is 0.135 e. The van der Waals surface area contributed by atoms with E-state index in [9.17, 15) is 0 Å². The molecule has 64 valence electrons. The first-order valence-corrected chi connectivity index (χ1v) is 5.09. The van der Waals surface area contributed by atoms with Crippen LogP contribution in [0.15, 0.2) is 6.20 Å². The second kappa shape index (κ2) is 2.94. The van der Waals surface area contributed by atoms with Gasteiger partial charge in [0, 0.05) is 29.2 Å². The van der Waals surface area contributed by atoms with Gasteiger partial charge in [-0.25, -0.2) is 9.97 Å². The van der Waals surface area contributed by atoms with E-state index in [4.69, 9.17) is 5.73 Å². The average molecular weight is 181 g/mol. The summed E-state index contributed by atoms with van der Waals surface area (Å²) < 4.78 is 0. The molecule has 1 aromatic rings. The van der Waals surface area contributed by atoms with Crippen molar-refractivity contribution < 1.29 is 0 Å². The van der Waals surface area contributed by atoms with Crippen LogP contribution in [0, 0.1) is 6.92 Å². The normalized spacial score (nSPS) is 17.4. The maximum absolute atomic E-state index is 5.68. The highest BCUT2D eigenvalue weighted by Gasteiger charge is 2.22. The number of anilines is 1. The summed E-state index contributed by atoms with van der Waals surface area (Å²) in [4.78, 5) is 8.50. The van der Waals surface area contributed by atoms with Crippen LogP contribution in [0.5, 0.6) is 0 Å². The second-order valence-electron chi connectivity index (χ2n) is 3.03. The minimum atomic E-state index is 0.540. The van der Waals surface area contributed by atoms with Gasteiger partial charge < -0.3 is 5.73 Å². The van der Waals surface area contributed by atoms with Gasteiger partial charge in [-0.1, -0.05) is 0 Å². The number of nitrogens with zero attached hydrogens (tertiary/aromatic N) is 2. The number of aromatic nitrogens is 2. The zero-order valence-corrected chi connectivity index (χ0v) is 7.77. The minimum absolute atomic E-state index is 0.540. The van der Waals surface area contributed by atoms with Crippen molar-refractivity contribution in [3.8, 4) is 0 Å². The molecule has 0 saturated carbocycles. The van der Waals surface area contributed by atoms with Crippen LogP contribution >= 0.6 is 11.8 Å². The summed E-state index contributed by atoms with van der Waals surface area (Å²) in [5, 5.41) is 0. The Bertz CT molecular complexity index is 296. The van der Waals surface area contributed by atoms with Gasteiger partial charge in [0.15, 0.2) is 0 Å². The molecule has 1 aliphatic heterocycles. The number of hydrogen-bond acceptors (Lipinski definition) is 4. The Labute approximate surface area is 75.8 Å². The highest BCUT2D eigenvalue weighted by atomic mass is 32.2. The number of nitrogen functional groups attached to an aromatic ring is 1. The van der Waals surface area contributed by atoms with Crippen LogP contribution in [0.25, 0.3) is 0 Å². The third-order valence-electron chi connectivity index (χ3n) is 2.03. The zero-order chi connectivity index (χ0) is 8.55. The summed E-state index contributed by atoms with van der Waals surface area (Å²) >= 11 is 1.93. The standard InChI is InChI=1S/C8H11N3S/c1-5-2-10-8(11-7(5)9)6-3-12-4-6/h2,6H,3-4H2,1H3,(H2,9,10,11). The molecule has 2 heterocycles. The Morgan fingerprint density at radius 2 is 2.33 bits per heavy atom. The van der Waals surface area contributed by atoms with Gasteiger partial charge in [0.2, 0.25) is 0 Å². The molecule has 1 aromatic heterocycles. The predicted octanol–water partition coefficient (Wildman–Crippen LogP) is 1.20. The van der Waals surface area contributed by atoms with Gasteiger partial charge in [0.05, 0.1) is 0 Å². The van der Waals surface area contributed by atoms with Crippen molar-refractivity contribution in [3.63, 3.8) is 0 Å². The second-order valence-corrected chi connectivity index (χ2v) is 4.11. The molecule has 0 atom stereocenters. The number of rotatable bonds is 1. The number of thioether (sulfide) groups is 1. The molecule has 12 heavy (non-hydrogen) atoms. The van der Waals surface area contributed by atoms with Crippen LogP contribution in [0.1, 0.15) is 17.3 Å². The van der Waals surface area contributed by atoms with Crippen molar-refractivity contribution in [2.45, 2.75) is 12.8 Å². The third kappa shape index (κ3) is 1.27. The Morgan fingerprint density at radius 3 is 2.83 bits per heavy atom. The largest absolute Gasteiger partial charge is 0.383 e. The molecule has 0 radical (unpaired) electrons. The van der Waals surface area contributed by atoms with Gasteiger partial charge in [0.1, 0.15) is 11.6 Å². The highest BCUT2D eigenvalue weighted by Crippen LogP contribution is 2.32. The van der Waals surface area contributed by atoms with Gasteiger partial charge in [-0.05, 0) is 6.92 Å². The van der Waals surface area contributed by atoms with Crippen molar-refractivity contribution in [2.24, 2.45) is 0 Å². The van der Waals surface area contributed by atoms with E-state index in [0.717, 1.165) is 22.9 Å². The van der Waals surface area contributed by atoms with Gasteiger partial charge in [-0.15, -0.1) is 0 Å². The monoisotopic (exact) mass is 181 g/mol. The smallest absolute Gasteiger partial charge is 0.135 e. The molecule has 2 N–H and O–H groups in total. The molecular formula is C8H11N3S. The molecule has 0 bridgehead atoms. The van der Waals surface area contributed by atoms with Crippen molar-refractivity contribution in [1.29, 1.82) is 0 Å². The molecule has 1 saturated heterocycles. The van der Waals surface area contributed by atoms with Crippen molar-refractivity contribution in [2.75, 3.05) is 17.2 Å². The summed E-state index contributed by atoms with van der Waals surface area (Å²) in [5.41, 5.74) is 6.64. The topological polar surface area (TPSA) is 51.8 Å². The summed E-state index contributed by atoms with van der Waals surface area (Å²) in [5.74, 6) is 4.36. The zero-order valence-electron chi connectivity index (χ0n) is 6.95. The van der Waals surface area contributed by atoms with E-state index in [1.165, 1.54) is 0 Å². The van der Waals surface area contributed by atoms with Gasteiger partial charge in [-0.2, -0.15) is 11.8 Å². The molecule has 1 fully saturated rings. The van der Waals surface area contributed by atoms with E-state index in [-0.39, 0.29) is 0 Å². The van der Waals surface area contributed by atoms with E-state index in [1.807, 2.05) is 18.7 Å². The molecule has 2 rings (SSSR count). The Morgan fingerprint density at radius 1 is 1.58 bits per heavy atom. The molecule has 0 aromatic carbocycles. The van der Waals surface area contributed by atoms with Crippen LogP contribution in [-0.4, -0.2) is 21.5 Å². The molecular weight excluding hydrogens is 170 g/mol. The molecule has 1 aliphatic rings. The van der Waals surface area contributed by atoms with Crippen LogP contribution in [-0.2, 0) is 0 Å². The number of nitrogens with two attached hydrogens (primary N) is 1. The lowest BCUT2D eigenvalue weighted by Crippen LogP contribution is -2.19. The van der Waals surface area contributed by atoms with Crippen molar-refractivity contribution >= 4 is 17.6 Å². The Balaban J connectivity index is 2.27. The lowest BCUT2D eigenvalue weighted by molar-refractivity contribution is 0.763. The molecule has 0 amide bonds. The van der Waals surface area contributed by atoms with Gasteiger partial charge >= 0.3 is 0 Å². The lowest BCUT2D eigenvalue weighted by atomic mass is 10.2. The van der Waals surface area contributed by atoms with E-state index in [2.05, 4.69) is 9.97 Å². The van der Waals surface area contributed by atoms with Crippen LogP contribution in [0.2, 0.25) is 0 Å². The third-order valence-corrected chi connectivity index (χ3v) is 3.31. The first-order chi connectivity index (χ1) is 5.77. The first kappa shape index (κ1) is 7.86.